The summed E-state index contributed by atoms with van der Waals surface area (Å²) in [6.07, 6.45) is 2.46. The van der Waals surface area contributed by atoms with Crippen molar-refractivity contribution in [3.63, 3.8) is 0 Å². The summed E-state index contributed by atoms with van der Waals surface area (Å²) in [4.78, 5) is 23.7. The lowest BCUT2D eigenvalue weighted by Crippen LogP contribution is -2.40. The Morgan fingerprint density at radius 1 is 1.35 bits per heavy atom. The zero-order valence-corrected chi connectivity index (χ0v) is 14.5. The minimum Gasteiger partial charge on any atom is -0.351 e. The minimum atomic E-state index is -0.0612. The van der Waals surface area contributed by atoms with Gasteiger partial charge in [0, 0.05) is 18.7 Å². The molecule has 1 atom stereocenters. The van der Waals surface area contributed by atoms with Gasteiger partial charge in [-0.05, 0) is 43.0 Å². The molecule has 1 saturated heterocycles. The van der Waals surface area contributed by atoms with Crippen LogP contribution in [0.4, 0.5) is 5.69 Å². The standard InChI is InChI=1S/C17H25N3O2.ClH/c1-12(2)9-16(21)20-14-6-3-5-13(10-14)11-19-17(22)15-7-4-8-18-15;/h3,5-6,10,12,15,18H,4,7-9,11H2,1-2H3,(H,19,22)(H,20,21);1H. The molecule has 3 N–H and O–H groups in total. The third-order valence-corrected chi connectivity index (χ3v) is 3.65. The number of carbonyl (C=O) groups excluding carboxylic acids is 2. The third-order valence-electron chi connectivity index (χ3n) is 3.65. The zero-order chi connectivity index (χ0) is 15.9. The van der Waals surface area contributed by atoms with Gasteiger partial charge in [0.15, 0.2) is 0 Å². The van der Waals surface area contributed by atoms with Crippen molar-refractivity contribution in [1.29, 1.82) is 0 Å². The number of hydrogen-bond donors (Lipinski definition) is 3. The maximum Gasteiger partial charge on any atom is 0.237 e. The number of anilines is 1. The van der Waals surface area contributed by atoms with Gasteiger partial charge in [-0.3, -0.25) is 9.59 Å². The van der Waals surface area contributed by atoms with Crippen LogP contribution in [0.2, 0.25) is 0 Å². The highest BCUT2D eigenvalue weighted by Crippen LogP contribution is 2.12. The molecule has 1 aliphatic heterocycles. The fourth-order valence-electron chi connectivity index (χ4n) is 2.56. The second-order valence-corrected chi connectivity index (χ2v) is 6.21. The van der Waals surface area contributed by atoms with Crippen LogP contribution in [0.3, 0.4) is 0 Å². The van der Waals surface area contributed by atoms with Crippen molar-refractivity contribution >= 4 is 29.9 Å². The van der Waals surface area contributed by atoms with Gasteiger partial charge in [0.2, 0.25) is 11.8 Å². The van der Waals surface area contributed by atoms with Crippen molar-refractivity contribution in [2.45, 2.75) is 45.7 Å². The number of hydrogen-bond acceptors (Lipinski definition) is 3. The first-order valence-electron chi connectivity index (χ1n) is 7.94. The summed E-state index contributed by atoms with van der Waals surface area (Å²) in [6, 6.07) is 7.54. The Kier molecular flexibility index (Phi) is 8.06. The van der Waals surface area contributed by atoms with E-state index in [0.717, 1.165) is 30.6 Å². The zero-order valence-electron chi connectivity index (χ0n) is 13.7. The second kappa shape index (κ2) is 9.53. The number of nitrogens with one attached hydrogen (secondary N) is 3. The molecule has 0 radical (unpaired) electrons. The summed E-state index contributed by atoms with van der Waals surface area (Å²) in [5.41, 5.74) is 1.75. The van der Waals surface area contributed by atoms with Crippen molar-refractivity contribution in [1.82, 2.24) is 10.6 Å². The van der Waals surface area contributed by atoms with E-state index in [1.54, 1.807) is 0 Å². The molecule has 0 aliphatic carbocycles. The molecule has 0 spiro atoms. The van der Waals surface area contributed by atoms with Gasteiger partial charge in [0.25, 0.3) is 0 Å². The molecule has 128 valence electrons. The molecule has 23 heavy (non-hydrogen) atoms. The molecule has 1 unspecified atom stereocenters. The van der Waals surface area contributed by atoms with Gasteiger partial charge >= 0.3 is 0 Å². The lowest BCUT2D eigenvalue weighted by Gasteiger charge is -2.12. The number of amides is 2. The van der Waals surface area contributed by atoms with Crippen LogP contribution in [0.1, 0.15) is 38.7 Å². The summed E-state index contributed by atoms with van der Waals surface area (Å²) in [5.74, 6) is 0.402. The molecule has 0 bridgehead atoms. The highest BCUT2D eigenvalue weighted by Gasteiger charge is 2.21. The van der Waals surface area contributed by atoms with Crippen LogP contribution in [0, 0.1) is 5.92 Å². The first-order valence-corrected chi connectivity index (χ1v) is 7.94. The van der Waals surface area contributed by atoms with Gasteiger partial charge in [0.1, 0.15) is 0 Å². The van der Waals surface area contributed by atoms with Crippen molar-refractivity contribution in [2.75, 3.05) is 11.9 Å². The molecule has 6 heteroatoms. The third kappa shape index (κ3) is 6.59. The maximum atomic E-state index is 12.0. The second-order valence-electron chi connectivity index (χ2n) is 6.21. The Balaban J connectivity index is 0.00000264. The lowest BCUT2D eigenvalue weighted by atomic mass is 10.1. The van der Waals surface area contributed by atoms with Crippen LogP contribution in [0.25, 0.3) is 0 Å². The molecule has 1 aromatic rings. The SMILES string of the molecule is CC(C)CC(=O)Nc1cccc(CNC(=O)C2CCCN2)c1.Cl. The number of halogens is 1. The van der Waals surface area contributed by atoms with Crippen molar-refractivity contribution in [2.24, 2.45) is 5.92 Å². The molecule has 1 aliphatic rings. The normalized spacial score (nSPS) is 16.7. The quantitative estimate of drug-likeness (QED) is 0.745. The van der Waals surface area contributed by atoms with Crippen LogP contribution in [0.5, 0.6) is 0 Å². The van der Waals surface area contributed by atoms with Crippen molar-refractivity contribution in [3.05, 3.63) is 29.8 Å². The van der Waals surface area contributed by atoms with Crippen LogP contribution >= 0.6 is 12.4 Å². The monoisotopic (exact) mass is 339 g/mol. The van der Waals surface area contributed by atoms with Crippen LogP contribution in [-0.2, 0) is 16.1 Å². The smallest absolute Gasteiger partial charge is 0.237 e. The van der Waals surface area contributed by atoms with Crippen molar-refractivity contribution in [3.8, 4) is 0 Å². The van der Waals surface area contributed by atoms with Crippen molar-refractivity contribution < 1.29 is 9.59 Å². The van der Waals surface area contributed by atoms with E-state index in [4.69, 9.17) is 0 Å². The number of rotatable bonds is 6. The number of carbonyl (C=O) groups is 2. The average molecular weight is 340 g/mol. The van der Waals surface area contributed by atoms with Gasteiger partial charge in [0.05, 0.1) is 6.04 Å². The average Bonchev–Trinajstić information content (AvgIpc) is 2.98. The summed E-state index contributed by atoms with van der Waals surface area (Å²) in [6.45, 7) is 5.42. The first kappa shape index (κ1) is 19.5. The van der Waals surface area contributed by atoms with E-state index < -0.39 is 0 Å². The van der Waals surface area contributed by atoms with Gasteiger partial charge in [-0.15, -0.1) is 12.4 Å². The molecule has 1 fully saturated rings. The Bertz CT molecular complexity index is 528. The van der Waals surface area contributed by atoms with Gasteiger partial charge in [-0.25, -0.2) is 0 Å². The molecule has 5 nitrogen and oxygen atoms in total. The molecular weight excluding hydrogens is 314 g/mol. The fourth-order valence-corrected chi connectivity index (χ4v) is 2.56. The molecule has 0 aromatic heterocycles. The molecule has 2 amide bonds. The van der Waals surface area contributed by atoms with Crippen LogP contribution in [-0.4, -0.2) is 24.4 Å². The molecule has 0 saturated carbocycles. The predicted molar refractivity (Wildman–Crippen MR) is 94.6 cm³/mol. The van der Waals surface area contributed by atoms with E-state index in [2.05, 4.69) is 16.0 Å². The topological polar surface area (TPSA) is 70.2 Å². The molecular formula is C17H26ClN3O2. The van der Waals surface area contributed by atoms with E-state index in [9.17, 15) is 9.59 Å². The van der Waals surface area contributed by atoms with Crippen LogP contribution in [0.15, 0.2) is 24.3 Å². The fraction of sp³-hybridized carbons (Fsp3) is 0.529. The van der Waals surface area contributed by atoms with E-state index in [-0.39, 0.29) is 30.3 Å². The predicted octanol–water partition coefficient (Wildman–Crippen LogP) is 2.46. The Labute approximate surface area is 144 Å². The summed E-state index contributed by atoms with van der Waals surface area (Å²) in [7, 11) is 0. The first-order chi connectivity index (χ1) is 10.5. The van der Waals surface area contributed by atoms with Crippen LogP contribution < -0.4 is 16.0 Å². The Morgan fingerprint density at radius 2 is 2.13 bits per heavy atom. The summed E-state index contributed by atoms with van der Waals surface area (Å²) < 4.78 is 0. The Hall–Kier alpha value is -1.59. The summed E-state index contributed by atoms with van der Waals surface area (Å²) in [5, 5.41) is 9.01. The molecule has 1 heterocycles. The Morgan fingerprint density at radius 3 is 2.78 bits per heavy atom. The highest BCUT2D eigenvalue weighted by molar-refractivity contribution is 5.90. The molecule has 1 aromatic carbocycles. The summed E-state index contributed by atoms with van der Waals surface area (Å²) >= 11 is 0. The van der Waals surface area contributed by atoms with E-state index >= 15 is 0 Å². The van der Waals surface area contributed by atoms with Gasteiger partial charge in [-0.1, -0.05) is 26.0 Å². The molecule has 2 rings (SSSR count). The minimum absolute atomic E-state index is 0. The highest BCUT2D eigenvalue weighted by atomic mass is 35.5. The van der Waals surface area contributed by atoms with E-state index in [1.807, 2.05) is 38.1 Å². The lowest BCUT2D eigenvalue weighted by molar-refractivity contribution is -0.123. The number of benzene rings is 1. The maximum absolute atomic E-state index is 12.0. The largest absolute Gasteiger partial charge is 0.351 e. The van der Waals surface area contributed by atoms with Gasteiger partial charge < -0.3 is 16.0 Å². The van der Waals surface area contributed by atoms with Gasteiger partial charge in [-0.2, -0.15) is 0 Å². The van der Waals surface area contributed by atoms with E-state index in [0.29, 0.717) is 18.9 Å². The van der Waals surface area contributed by atoms with E-state index in [1.165, 1.54) is 0 Å².